The SMILES string of the molecule is CC(=O)OCOC(=O)[C@]1(NC(=O)C(NC(=O)c2n[nH]c(=O)[nH]c2=O)c2ccc(O)cc2)N2C(=O)C[C@H]2SC1(C)C. The van der Waals surface area contributed by atoms with Gasteiger partial charge in [0.2, 0.25) is 30.0 Å². The predicted octanol–water partition coefficient (Wildman–Crippen LogP) is -1.40. The summed E-state index contributed by atoms with van der Waals surface area (Å²) in [7, 11) is 0. The number of rotatable bonds is 8. The van der Waals surface area contributed by atoms with E-state index in [1.54, 1.807) is 13.8 Å². The lowest BCUT2D eigenvalue weighted by Gasteiger charge is -2.47. The van der Waals surface area contributed by atoms with Crippen LogP contribution in [0.25, 0.3) is 0 Å². The topological polar surface area (TPSA) is 230 Å². The first-order chi connectivity index (χ1) is 18.8. The Morgan fingerprint density at radius 1 is 1.18 bits per heavy atom. The van der Waals surface area contributed by atoms with Crippen LogP contribution in [0.3, 0.4) is 0 Å². The van der Waals surface area contributed by atoms with Gasteiger partial charge in [0.1, 0.15) is 11.8 Å². The van der Waals surface area contributed by atoms with Crippen LogP contribution in [0.4, 0.5) is 0 Å². The highest BCUT2D eigenvalue weighted by Gasteiger charge is 2.71. The Bertz CT molecular complexity index is 1500. The third-order valence-corrected chi connectivity index (χ3v) is 7.85. The van der Waals surface area contributed by atoms with E-state index in [1.807, 2.05) is 10.1 Å². The van der Waals surface area contributed by atoms with Gasteiger partial charge >= 0.3 is 17.6 Å². The van der Waals surface area contributed by atoms with E-state index in [4.69, 9.17) is 9.47 Å². The second-order valence-corrected chi connectivity index (χ2v) is 11.1. The van der Waals surface area contributed by atoms with Crippen molar-refractivity contribution in [2.24, 2.45) is 0 Å². The zero-order chi connectivity index (χ0) is 29.4. The number of aromatic amines is 2. The molecule has 0 spiro atoms. The molecule has 3 atom stereocenters. The number of aromatic nitrogens is 3. The molecule has 1 unspecified atom stereocenters. The molecule has 0 aliphatic carbocycles. The van der Waals surface area contributed by atoms with Gasteiger partial charge in [0.05, 0.1) is 16.5 Å². The van der Waals surface area contributed by atoms with Gasteiger partial charge in [-0.25, -0.2) is 14.7 Å². The number of nitrogens with one attached hydrogen (secondary N) is 4. The van der Waals surface area contributed by atoms with Crippen molar-refractivity contribution < 1.29 is 38.6 Å². The minimum absolute atomic E-state index is 0.0989. The highest BCUT2D eigenvalue weighted by atomic mass is 32.2. The van der Waals surface area contributed by atoms with Crippen LogP contribution in [0.2, 0.25) is 0 Å². The first-order valence-electron chi connectivity index (χ1n) is 11.7. The van der Waals surface area contributed by atoms with Crippen molar-refractivity contribution in [2.75, 3.05) is 6.79 Å². The Hall–Kier alpha value is -4.67. The second-order valence-electron chi connectivity index (χ2n) is 9.29. The lowest BCUT2D eigenvalue weighted by molar-refractivity contribution is -0.187. The van der Waals surface area contributed by atoms with E-state index in [2.05, 4.69) is 15.7 Å². The van der Waals surface area contributed by atoms with Crippen LogP contribution in [0, 0.1) is 0 Å². The lowest BCUT2D eigenvalue weighted by atomic mass is 9.89. The number of fused-ring (bicyclic) bond motifs is 1. The van der Waals surface area contributed by atoms with E-state index in [0.29, 0.717) is 0 Å². The van der Waals surface area contributed by atoms with Crippen molar-refractivity contribution in [2.45, 2.75) is 49.0 Å². The Balaban J connectivity index is 1.72. The van der Waals surface area contributed by atoms with E-state index in [1.165, 1.54) is 36.0 Å². The number of ether oxygens (including phenoxy) is 2. The molecule has 2 aliphatic rings. The van der Waals surface area contributed by atoms with Crippen molar-refractivity contribution in [1.82, 2.24) is 30.7 Å². The standard InChI is InChI=1S/C23H24N6O10S/c1-10(30)38-9-39-20(36)23(22(2,3)40-14-8-13(32)29(14)23)26-19(35)15(11-4-6-12(31)7-5-11)24-17(33)16-18(34)25-21(37)28-27-16/h4-7,14-15,31H,8-9H2,1-3H3,(H,24,33)(H,26,35)(H2,25,28,34,37)/t14-,15?,23+/m1/s1. The molecule has 1 aromatic heterocycles. The molecule has 2 aromatic rings. The van der Waals surface area contributed by atoms with Gasteiger partial charge in [0.25, 0.3) is 11.5 Å². The van der Waals surface area contributed by atoms with Crippen molar-refractivity contribution in [3.63, 3.8) is 0 Å². The fraction of sp³-hybridized carbons (Fsp3) is 0.391. The number of β-lactam (4-membered cyclic amide) rings is 1. The van der Waals surface area contributed by atoms with Gasteiger partial charge in [-0.15, -0.1) is 11.8 Å². The van der Waals surface area contributed by atoms with E-state index < -0.39 is 75.2 Å². The normalized spacial score (nSPS) is 21.4. The van der Waals surface area contributed by atoms with Crippen LogP contribution in [0.1, 0.15) is 49.3 Å². The number of carbonyl (C=O) groups is 5. The highest BCUT2D eigenvalue weighted by Crippen LogP contribution is 2.56. The summed E-state index contributed by atoms with van der Waals surface area (Å²) < 4.78 is 8.67. The number of thioether (sulfide) groups is 1. The number of esters is 2. The molecule has 1 aromatic carbocycles. The number of carbonyl (C=O) groups excluding carboxylic acids is 5. The maximum atomic E-state index is 13.9. The van der Waals surface area contributed by atoms with Gasteiger partial charge in [-0.1, -0.05) is 12.1 Å². The maximum Gasteiger partial charge on any atom is 0.357 e. The van der Waals surface area contributed by atoms with Crippen molar-refractivity contribution in [3.05, 3.63) is 56.4 Å². The number of phenolic OH excluding ortho intramolecular Hbond substituents is 1. The summed E-state index contributed by atoms with van der Waals surface area (Å²) >= 11 is 1.23. The first-order valence-corrected chi connectivity index (χ1v) is 12.6. The first kappa shape index (κ1) is 28.3. The average Bonchev–Trinajstić information content (AvgIpc) is 3.04. The molecular formula is C23H24N6O10S. The molecule has 5 N–H and O–H groups in total. The van der Waals surface area contributed by atoms with Gasteiger partial charge in [-0.3, -0.25) is 33.9 Å². The minimum atomic E-state index is -2.09. The number of H-pyrrole nitrogens is 2. The number of hydrogen-bond acceptors (Lipinski definition) is 12. The van der Waals surface area contributed by atoms with Crippen molar-refractivity contribution >= 4 is 41.4 Å². The fourth-order valence-corrected chi connectivity index (χ4v) is 6.09. The molecule has 3 heterocycles. The molecule has 4 rings (SSSR count). The van der Waals surface area contributed by atoms with E-state index in [0.717, 1.165) is 11.8 Å². The molecule has 2 aliphatic heterocycles. The Labute approximate surface area is 228 Å². The summed E-state index contributed by atoms with van der Waals surface area (Å²) in [5.74, 6) is -4.59. The van der Waals surface area contributed by atoms with Crippen LogP contribution in [-0.4, -0.2) is 77.4 Å². The summed E-state index contributed by atoms with van der Waals surface area (Å²) in [5.41, 5.74) is -4.83. The predicted molar refractivity (Wildman–Crippen MR) is 134 cm³/mol. The summed E-state index contributed by atoms with van der Waals surface area (Å²) in [4.78, 5) is 90.6. The number of benzene rings is 1. The zero-order valence-electron chi connectivity index (χ0n) is 21.3. The summed E-state index contributed by atoms with van der Waals surface area (Å²) in [6.07, 6.45) is 0.0989. The van der Waals surface area contributed by atoms with E-state index in [-0.39, 0.29) is 17.7 Å². The molecule has 2 fully saturated rings. The van der Waals surface area contributed by atoms with Crippen LogP contribution >= 0.6 is 11.8 Å². The molecule has 0 radical (unpaired) electrons. The largest absolute Gasteiger partial charge is 0.508 e. The Kier molecular flexibility index (Phi) is 7.42. The third-order valence-electron chi connectivity index (χ3n) is 6.31. The Morgan fingerprint density at radius 3 is 2.45 bits per heavy atom. The van der Waals surface area contributed by atoms with Crippen molar-refractivity contribution in [1.29, 1.82) is 0 Å². The highest BCUT2D eigenvalue weighted by molar-refractivity contribution is 8.01. The van der Waals surface area contributed by atoms with Gasteiger partial charge in [0.15, 0.2) is 0 Å². The maximum absolute atomic E-state index is 13.9. The minimum Gasteiger partial charge on any atom is -0.508 e. The smallest absolute Gasteiger partial charge is 0.357 e. The molecule has 16 nitrogen and oxygen atoms in total. The molecule has 212 valence electrons. The van der Waals surface area contributed by atoms with Crippen LogP contribution in [0.15, 0.2) is 33.9 Å². The molecular weight excluding hydrogens is 552 g/mol. The summed E-state index contributed by atoms with van der Waals surface area (Å²) in [5, 5.41) is 19.5. The zero-order valence-corrected chi connectivity index (χ0v) is 22.1. The van der Waals surface area contributed by atoms with Crippen LogP contribution < -0.4 is 21.9 Å². The lowest BCUT2D eigenvalue weighted by Crippen LogP contribution is -2.76. The van der Waals surface area contributed by atoms with Crippen molar-refractivity contribution in [3.8, 4) is 5.75 Å². The van der Waals surface area contributed by atoms with E-state index in [9.17, 15) is 38.7 Å². The Morgan fingerprint density at radius 2 is 1.85 bits per heavy atom. The van der Waals surface area contributed by atoms with Gasteiger partial charge in [-0.05, 0) is 31.5 Å². The van der Waals surface area contributed by atoms with E-state index >= 15 is 0 Å². The summed E-state index contributed by atoms with van der Waals surface area (Å²) in [6, 6.07) is 3.49. The van der Waals surface area contributed by atoms with Gasteiger partial charge in [-0.2, -0.15) is 5.10 Å². The monoisotopic (exact) mass is 576 g/mol. The van der Waals surface area contributed by atoms with Gasteiger partial charge < -0.3 is 25.2 Å². The molecule has 2 saturated heterocycles. The number of aromatic hydroxyl groups is 1. The average molecular weight is 577 g/mol. The summed E-state index contributed by atoms with van der Waals surface area (Å²) in [6.45, 7) is 3.53. The molecule has 0 bridgehead atoms. The van der Waals surface area contributed by atoms with Crippen LogP contribution in [-0.2, 0) is 28.7 Å². The number of amides is 3. The molecule has 17 heteroatoms. The van der Waals surface area contributed by atoms with Crippen LogP contribution in [0.5, 0.6) is 5.75 Å². The second kappa shape index (κ2) is 10.5. The number of nitrogens with zero attached hydrogens (tertiary/aromatic N) is 2. The third kappa shape index (κ3) is 5.02. The van der Waals surface area contributed by atoms with Gasteiger partial charge in [0, 0.05) is 6.92 Å². The fourth-order valence-electron chi connectivity index (χ4n) is 4.39. The quantitative estimate of drug-likeness (QED) is 0.139. The molecule has 40 heavy (non-hydrogen) atoms. The molecule has 3 amide bonds. The molecule has 0 saturated carbocycles. The number of hydrogen-bond donors (Lipinski definition) is 5. The number of phenols is 1.